The van der Waals surface area contributed by atoms with Gasteiger partial charge >= 0.3 is 0 Å². The summed E-state index contributed by atoms with van der Waals surface area (Å²) in [4.78, 5) is 0. The first kappa shape index (κ1) is 10.7. The summed E-state index contributed by atoms with van der Waals surface area (Å²) in [5.41, 5.74) is 3.44. The van der Waals surface area contributed by atoms with E-state index >= 15 is 0 Å². The molecule has 0 atom stereocenters. The zero-order valence-corrected chi connectivity index (χ0v) is 9.27. The highest BCUT2D eigenvalue weighted by atomic mass is 16.3. The molecular weight excluding hydrogens is 198 g/mol. The van der Waals surface area contributed by atoms with Gasteiger partial charge in [-0.2, -0.15) is 0 Å². The molecule has 0 amide bonds. The highest BCUT2D eigenvalue weighted by molar-refractivity contribution is 5.68. The minimum Gasteiger partial charge on any atom is -0.508 e. The molecule has 0 radical (unpaired) electrons. The van der Waals surface area contributed by atoms with Crippen LogP contribution in [0.5, 0.6) is 5.75 Å². The van der Waals surface area contributed by atoms with Crippen molar-refractivity contribution >= 4 is 0 Å². The average Bonchev–Trinajstić information content (AvgIpc) is 2.30. The van der Waals surface area contributed by atoms with Crippen LogP contribution in [0.2, 0.25) is 0 Å². The van der Waals surface area contributed by atoms with Gasteiger partial charge in [0.1, 0.15) is 5.75 Å². The summed E-state index contributed by atoms with van der Waals surface area (Å²) < 4.78 is 0. The summed E-state index contributed by atoms with van der Waals surface area (Å²) >= 11 is 0. The molecule has 2 aromatic carbocycles. The molecule has 0 saturated heterocycles. The van der Waals surface area contributed by atoms with Gasteiger partial charge in [0.05, 0.1) is 0 Å². The van der Waals surface area contributed by atoms with Gasteiger partial charge in [0.2, 0.25) is 0 Å². The Morgan fingerprint density at radius 3 is 2.62 bits per heavy atom. The van der Waals surface area contributed by atoms with E-state index in [9.17, 15) is 5.11 Å². The van der Waals surface area contributed by atoms with Crippen LogP contribution < -0.4 is 5.32 Å². The summed E-state index contributed by atoms with van der Waals surface area (Å²) in [6.07, 6.45) is 0. The number of phenolic OH excluding ortho intramolecular Hbond substituents is 1. The van der Waals surface area contributed by atoms with Crippen molar-refractivity contribution < 1.29 is 5.11 Å². The predicted molar refractivity (Wildman–Crippen MR) is 66.3 cm³/mol. The van der Waals surface area contributed by atoms with Crippen LogP contribution in [0.25, 0.3) is 11.1 Å². The highest BCUT2D eigenvalue weighted by Gasteiger charge is 2.03. The van der Waals surface area contributed by atoms with Crippen molar-refractivity contribution in [2.45, 2.75) is 6.54 Å². The maximum atomic E-state index is 9.48. The standard InChI is InChI=1S/C14H15NO/c1-15-10-12-5-2-3-8-14(12)11-6-4-7-13(16)9-11/h2-9,15-16H,10H2,1H3. The van der Waals surface area contributed by atoms with Crippen molar-refractivity contribution in [1.82, 2.24) is 5.32 Å². The van der Waals surface area contributed by atoms with Crippen molar-refractivity contribution in [2.75, 3.05) is 7.05 Å². The molecule has 2 rings (SSSR count). The Labute approximate surface area is 95.6 Å². The Morgan fingerprint density at radius 2 is 1.88 bits per heavy atom. The fourth-order valence-corrected chi connectivity index (χ4v) is 1.82. The van der Waals surface area contributed by atoms with E-state index in [2.05, 4.69) is 17.4 Å². The van der Waals surface area contributed by atoms with Gasteiger partial charge in [-0.05, 0) is 35.9 Å². The molecule has 0 aliphatic rings. The number of nitrogens with one attached hydrogen (secondary N) is 1. The molecule has 0 saturated carbocycles. The Hall–Kier alpha value is -1.80. The van der Waals surface area contributed by atoms with Crippen LogP contribution in [0.4, 0.5) is 0 Å². The molecule has 2 nitrogen and oxygen atoms in total. The van der Waals surface area contributed by atoms with Crippen LogP contribution in [0.1, 0.15) is 5.56 Å². The quantitative estimate of drug-likeness (QED) is 0.821. The van der Waals surface area contributed by atoms with E-state index < -0.39 is 0 Å². The molecular formula is C14H15NO. The third kappa shape index (κ3) is 2.23. The van der Waals surface area contributed by atoms with Gasteiger partial charge in [-0.1, -0.05) is 36.4 Å². The summed E-state index contributed by atoms with van der Waals surface area (Å²) in [7, 11) is 1.93. The van der Waals surface area contributed by atoms with E-state index in [4.69, 9.17) is 0 Å². The van der Waals surface area contributed by atoms with Crippen LogP contribution in [0, 0.1) is 0 Å². The Morgan fingerprint density at radius 1 is 1.06 bits per heavy atom. The van der Waals surface area contributed by atoms with Crippen molar-refractivity contribution in [1.29, 1.82) is 0 Å². The van der Waals surface area contributed by atoms with Crippen molar-refractivity contribution in [3.8, 4) is 16.9 Å². The summed E-state index contributed by atoms with van der Waals surface area (Å²) in [6, 6.07) is 15.5. The fourth-order valence-electron chi connectivity index (χ4n) is 1.82. The predicted octanol–water partition coefficient (Wildman–Crippen LogP) is 2.78. The fraction of sp³-hybridized carbons (Fsp3) is 0.143. The minimum absolute atomic E-state index is 0.303. The first-order chi connectivity index (χ1) is 7.81. The summed E-state index contributed by atoms with van der Waals surface area (Å²) in [6.45, 7) is 0.825. The largest absolute Gasteiger partial charge is 0.508 e. The monoisotopic (exact) mass is 213 g/mol. The van der Waals surface area contributed by atoms with Gasteiger partial charge in [0.25, 0.3) is 0 Å². The van der Waals surface area contributed by atoms with Crippen LogP contribution >= 0.6 is 0 Å². The lowest BCUT2D eigenvalue weighted by atomic mass is 9.99. The summed E-state index contributed by atoms with van der Waals surface area (Å²) in [5, 5.41) is 12.6. The number of hydrogen-bond donors (Lipinski definition) is 2. The zero-order chi connectivity index (χ0) is 11.4. The van der Waals surface area contributed by atoms with Crippen LogP contribution in [0.15, 0.2) is 48.5 Å². The molecule has 82 valence electrons. The van der Waals surface area contributed by atoms with Crippen LogP contribution in [0.3, 0.4) is 0 Å². The first-order valence-corrected chi connectivity index (χ1v) is 5.33. The maximum Gasteiger partial charge on any atom is 0.116 e. The average molecular weight is 213 g/mol. The zero-order valence-electron chi connectivity index (χ0n) is 9.27. The number of hydrogen-bond acceptors (Lipinski definition) is 2. The van der Waals surface area contributed by atoms with Crippen molar-refractivity contribution in [3.05, 3.63) is 54.1 Å². The van der Waals surface area contributed by atoms with E-state index in [0.29, 0.717) is 5.75 Å². The molecule has 0 spiro atoms. The minimum atomic E-state index is 0.303. The highest BCUT2D eigenvalue weighted by Crippen LogP contribution is 2.26. The molecule has 0 aliphatic carbocycles. The van der Waals surface area contributed by atoms with E-state index in [1.165, 1.54) is 5.56 Å². The van der Waals surface area contributed by atoms with E-state index in [-0.39, 0.29) is 0 Å². The molecule has 0 unspecified atom stereocenters. The normalized spacial score (nSPS) is 10.3. The second-order valence-corrected chi connectivity index (χ2v) is 3.74. The lowest BCUT2D eigenvalue weighted by Crippen LogP contribution is -2.06. The Balaban J connectivity index is 2.46. The van der Waals surface area contributed by atoms with Gasteiger partial charge in [-0.3, -0.25) is 0 Å². The second-order valence-electron chi connectivity index (χ2n) is 3.74. The van der Waals surface area contributed by atoms with Crippen molar-refractivity contribution in [3.63, 3.8) is 0 Å². The molecule has 2 aromatic rings. The molecule has 0 bridgehead atoms. The second kappa shape index (κ2) is 4.81. The summed E-state index contributed by atoms with van der Waals surface area (Å²) in [5.74, 6) is 0.303. The van der Waals surface area contributed by atoms with Crippen molar-refractivity contribution in [2.24, 2.45) is 0 Å². The van der Waals surface area contributed by atoms with Crippen LogP contribution in [-0.2, 0) is 6.54 Å². The Kier molecular flexibility index (Phi) is 3.22. The first-order valence-electron chi connectivity index (χ1n) is 5.33. The van der Waals surface area contributed by atoms with Gasteiger partial charge < -0.3 is 10.4 Å². The van der Waals surface area contributed by atoms with E-state index in [1.807, 2.05) is 31.3 Å². The van der Waals surface area contributed by atoms with E-state index in [0.717, 1.165) is 17.7 Å². The SMILES string of the molecule is CNCc1ccccc1-c1cccc(O)c1. The number of rotatable bonds is 3. The number of benzene rings is 2. The lowest BCUT2D eigenvalue weighted by molar-refractivity contribution is 0.475. The molecule has 16 heavy (non-hydrogen) atoms. The maximum absolute atomic E-state index is 9.48. The molecule has 2 N–H and O–H groups in total. The Bertz CT molecular complexity index is 480. The molecule has 0 aliphatic heterocycles. The number of phenols is 1. The smallest absolute Gasteiger partial charge is 0.116 e. The lowest BCUT2D eigenvalue weighted by Gasteiger charge is -2.09. The molecule has 0 aromatic heterocycles. The van der Waals surface area contributed by atoms with Gasteiger partial charge in [0, 0.05) is 6.54 Å². The van der Waals surface area contributed by atoms with Gasteiger partial charge in [-0.25, -0.2) is 0 Å². The number of aromatic hydroxyl groups is 1. The van der Waals surface area contributed by atoms with E-state index in [1.54, 1.807) is 12.1 Å². The third-order valence-corrected chi connectivity index (χ3v) is 2.54. The van der Waals surface area contributed by atoms with Gasteiger partial charge in [0.15, 0.2) is 0 Å². The van der Waals surface area contributed by atoms with Gasteiger partial charge in [-0.15, -0.1) is 0 Å². The van der Waals surface area contributed by atoms with Crippen LogP contribution in [-0.4, -0.2) is 12.2 Å². The third-order valence-electron chi connectivity index (χ3n) is 2.54. The molecule has 0 fully saturated rings. The molecule has 2 heteroatoms. The molecule has 0 heterocycles. The topological polar surface area (TPSA) is 32.3 Å².